The number of anilines is 1. The third-order valence-electron chi connectivity index (χ3n) is 4.08. The van der Waals surface area contributed by atoms with Gasteiger partial charge in [-0.3, -0.25) is 19.0 Å². The number of esters is 3. The molecular weight excluding hydrogens is 406 g/mol. The lowest BCUT2D eigenvalue weighted by molar-refractivity contribution is -0.166. The average Bonchev–Trinajstić information content (AvgIpc) is 3.15. The Balaban J connectivity index is 2.05. The van der Waals surface area contributed by atoms with E-state index in [-0.39, 0.29) is 17.2 Å². The Kier molecular flexibility index (Phi) is 5.79. The number of hydrogen-bond donors (Lipinski definition) is 2. The van der Waals surface area contributed by atoms with Crippen molar-refractivity contribution in [2.24, 2.45) is 0 Å². The molecule has 0 bridgehead atoms. The van der Waals surface area contributed by atoms with E-state index in [2.05, 4.69) is 15.0 Å². The number of hydrogen-bond acceptors (Lipinski definition) is 11. The largest absolute Gasteiger partial charge is 0.463 e. The van der Waals surface area contributed by atoms with Crippen LogP contribution in [0.4, 0.5) is 5.95 Å². The fourth-order valence-electron chi connectivity index (χ4n) is 3.06. The number of nitrogen functional groups attached to an aromatic ring is 1. The van der Waals surface area contributed by atoms with E-state index < -0.39 is 42.4 Å². The van der Waals surface area contributed by atoms with Crippen molar-refractivity contribution in [1.29, 1.82) is 0 Å². The van der Waals surface area contributed by atoms with Crippen LogP contribution in [0.5, 0.6) is 0 Å². The zero-order chi connectivity index (χ0) is 21.3. The highest BCUT2D eigenvalue weighted by Crippen LogP contribution is 2.36. The Bertz CT molecular complexity index is 1020. The molecule has 1 fully saturated rings. The number of fused-ring (bicyclic) bond motifs is 1. The van der Waals surface area contributed by atoms with Gasteiger partial charge in [-0.25, -0.2) is 9.97 Å². The van der Waals surface area contributed by atoms with Gasteiger partial charge in [-0.1, -0.05) is 12.2 Å². The quantitative estimate of drug-likeness (QED) is 0.387. The van der Waals surface area contributed by atoms with E-state index in [9.17, 15) is 14.4 Å². The number of H-pyrrole nitrogens is 1. The molecule has 0 spiro atoms. The number of carbonyl (C=O) groups is 3. The molecule has 0 aliphatic carbocycles. The lowest BCUT2D eigenvalue weighted by atomic mass is 10.1. The number of nitrogens with one attached hydrogen (secondary N) is 1. The van der Waals surface area contributed by atoms with Crippen molar-refractivity contribution in [2.45, 2.75) is 45.3 Å². The maximum Gasteiger partial charge on any atom is 0.303 e. The summed E-state index contributed by atoms with van der Waals surface area (Å²) in [5, 5.41) is 0. The first-order chi connectivity index (χ1) is 13.7. The highest BCUT2D eigenvalue weighted by Gasteiger charge is 2.51. The van der Waals surface area contributed by atoms with Crippen LogP contribution in [0.25, 0.3) is 11.2 Å². The van der Waals surface area contributed by atoms with Crippen LogP contribution in [0.15, 0.2) is 6.33 Å². The minimum Gasteiger partial charge on any atom is -0.463 e. The van der Waals surface area contributed by atoms with Gasteiger partial charge in [0.15, 0.2) is 29.0 Å². The summed E-state index contributed by atoms with van der Waals surface area (Å²) < 4.78 is 23.3. The van der Waals surface area contributed by atoms with Gasteiger partial charge >= 0.3 is 17.9 Å². The Morgan fingerprint density at radius 1 is 1.21 bits per heavy atom. The average molecular weight is 425 g/mol. The molecule has 1 saturated heterocycles. The molecule has 0 radical (unpaired) electrons. The molecule has 1 aliphatic rings. The third kappa shape index (κ3) is 4.35. The Labute approximate surface area is 169 Å². The highest BCUT2D eigenvalue weighted by molar-refractivity contribution is 7.71. The molecule has 156 valence electrons. The predicted molar refractivity (Wildman–Crippen MR) is 98.8 cm³/mol. The molecule has 0 unspecified atom stereocenters. The number of carbonyl (C=O) groups excluding carboxylic acids is 3. The van der Waals surface area contributed by atoms with Gasteiger partial charge in [-0.2, -0.15) is 0 Å². The molecule has 3 N–H and O–H groups in total. The third-order valence-corrected chi connectivity index (χ3v) is 4.36. The Morgan fingerprint density at radius 2 is 1.86 bits per heavy atom. The summed E-state index contributed by atoms with van der Waals surface area (Å²) in [5.74, 6) is -1.72. The molecule has 2 aromatic heterocycles. The van der Waals surface area contributed by atoms with Crippen molar-refractivity contribution in [3.63, 3.8) is 0 Å². The van der Waals surface area contributed by atoms with Gasteiger partial charge < -0.3 is 29.7 Å². The fraction of sp³-hybridized carbons (Fsp3) is 0.500. The van der Waals surface area contributed by atoms with E-state index in [0.29, 0.717) is 11.2 Å². The van der Waals surface area contributed by atoms with Crippen LogP contribution in [0.3, 0.4) is 0 Å². The molecule has 29 heavy (non-hydrogen) atoms. The van der Waals surface area contributed by atoms with E-state index >= 15 is 0 Å². The lowest BCUT2D eigenvalue weighted by Gasteiger charge is -2.23. The fourth-order valence-corrected chi connectivity index (χ4v) is 3.31. The van der Waals surface area contributed by atoms with Crippen LogP contribution in [0.1, 0.15) is 27.0 Å². The normalized spacial score (nSPS) is 23.7. The monoisotopic (exact) mass is 425 g/mol. The summed E-state index contributed by atoms with van der Waals surface area (Å²) >= 11 is 5.16. The topological polar surface area (TPSA) is 161 Å². The predicted octanol–water partition coefficient (Wildman–Crippen LogP) is 0.395. The first-order valence-electron chi connectivity index (χ1n) is 8.53. The van der Waals surface area contributed by atoms with E-state index in [4.69, 9.17) is 36.9 Å². The molecule has 0 amide bonds. The second kappa shape index (κ2) is 8.13. The second-order valence-corrected chi connectivity index (χ2v) is 6.68. The molecule has 1 aliphatic heterocycles. The maximum atomic E-state index is 11.7. The van der Waals surface area contributed by atoms with Gasteiger partial charge in [-0.05, 0) is 0 Å². The molecule has 13 heteroatoms. The number of nitrogens with two attached hydrogens (primary N) is 1. The van der Waals surface area contributed by atoms with Crippen LogP contribution in [0.2, 0.25) is 0 Å². The first-order valence-corrected chi connectivity index (χ1v) is 8.93. The molecule has 4 atom stereocenters. The van der Waals surface area contributed by atoms with Crippen molar-refractivity contribution >= 4 is 47.2 Å². The second-order valence-electron chi connectivity index (χ2n) is 6.29. The van der Waals surface area contributed by atoms with Gasteiger partial charge in [-0.15, -0.1) is 0 Å². The summed E-state index contributed by atoms with van der Waals surface area (Å²) in [6, 6.07) is 0. The minimum absolute atomic E-state index is 0.0549. The summed E-state index contributed by atoms with van der Waals surface area (Å²) in [7, 11) is 0. The van der Waals surface area contributed by atoms with Gasteiger partial charge in [0.2, 0.25) is 0 Å². The lowest BCUT2D eigenvalue weighted by Crippen LogP contribution is -2.40. The summed E-state index contributed by atoms with van der Waals surface area (Å²) in [4.78, 5) is 45.5. The highest BCUT2D eigenvalue weighted by atomic mass is 32.1. The zero-order valence-electron chi connectivity index (χ0n) is 15.8. The van der Waals surface area contributed by atoms with Gasteiger partial charge in [0.1, 0.15) is 23.9 Å². The van der Waals surface area contributed by atoms with Crippen LogP contribution in [0, 0.1) is 4.64 Å². The van der Waals surface area contributed by atoms with E-state index in [1.54, 1.807) is 0 Å². The van der Waals surface area contributed by atoms with Gasteiger partial charge in [0.05, 0.1) is 6.33 Å². The number of rotatable bonds is 5. The number of nitrogens with zero attached hydrogens (tertiary/aromatic N) is 3. The molecule has 2 aromatic rings. The smallest absolute Gasteiger partial charge is 0.303 e. The minimum atomic E-state index is -1.05. The van der Waals surface area contributed by atoms with Crippen LogP contribution < -0.4 is 5.73 Å². The Morgan fingerprint density at radius 3 is 2.48 bits per heavy atom. The SMILES string of the molecule is CC(=O)OC[C@H]1O[C@@H](n2cnc3c(=S)nc(N)[nH]c32)[C@@H](OC(C)=O)[C@H]1OC(C)=O. The zero-order valence-corrected chi connectivity index (χ0v) is 16.6. The van der Waals surface area contributed by atoms with Crippen molar-refractivity contribution < 1.29 is 33.3 Å². The maximum absolute atomic E-state index is 11.7. The summed E-state index contributed by atoms with van der Waals surface area (Å²) in [6.07, 6.45) is -2.54. The molecule has 3 heterocycles. The number of aromatic nitrogens is 4. The molecule has 3 rings (SSSR count). The van der Waals surface area contributed by atoms with E-state index in [0.717, 1.165) is 0 Å². The summed E-state index contributed by atoms with van der Waals surface area (Å²) in [5.41, 5.74) is 6.47. The van der Waals surface area contributed by atoms with Crippen molar-refractivity contribution in [2.75, 3.05) is 12.3 Å². The van der Waals surface area contributed by atoms with Crippen molar-refractivity contribution in [3.8, 4) is 0 Å². The molecule has 0 saturated carbocycles. The molecule has 0 aromatic carbocycles. The standard InChI is InChI=1S/C16H19N5O7S/c1-6(22)25-4-9-11(26-7(2)23)12(27-8(3)24)15(28-9)21-5-18-10-13(21)19-16(17)20-14(10)29/h5,9,11-12,15H,4H2,1-3H3,(H3,17,19,20,29)/t9-,11+,12+,15-/m1/s1. The van der Waals surface area contributed by atoms with Crippen molar-refractivity contribution in [3.05, 3.63) is 11.0 Å². The van der Waals surface area contributed by atoms with Crippen LogP contribution in [-0.4, -0.2) is 62.3 Å². The Hall–Kier alpha value is -3.06. The number of imidazole rings is 1. The first kappa shape index (κ1) is 20.7. The van der Waals surface area contributed by atoms with Crippen LogP contribution >= 0.6 is 12.2 Å². The van der Waals surface area contributed by atoms with Gasteiger partial charge in [0, 0.05) is 20.8 Å². The molecular formula is C16H19N5O7S. The van der Waals surface area contributed by atoms with Crippen LogP contribution in [-0.2, 0) is 33.3 Å². The molecule has 12 nitrogen and oxygen atoms in total. The number of aromatic amines is 1. The van der Waals surface area contributed by atoms with Gasteiger partial charge in [0.25, 0.3) is 0 Å². The van der Waals surface area contributed by atoms with E-state index in [1.807, 2.05) is 0 Å². The van der Waals surface area contributed by atoms with E-state index in [1.165, 1.54) is 31.7 Å². The number of ether oxygens (including phenoxy) is 4. The summed E-state index contributed by atoms with van der Waals surface area (Å²) in [6.45, 7) is 3.43. The van der Waals surface area contributed by atoms with Crippen molar-refractivity contribution in [1.82, 2.24) is 19.5 Å².